The zero-order valence-electron chi connectivity index (χ0n) is 19.8. The van der Waals surface area contributed by atoms with E-state index in [2.05, 4.69) is 5.32 Å². The minimum absolute atomic E-state index is 0.0599. The molecule has 0 bridgehead atoms. The Labute approximate surface area is 199 Å². The van der Waals surface area contributed by atoms with Gasteiger partial charge in [0.25, 0.3) is 11.8 Å². The van der Waals surface area contributed by atoms with E-state index in [-0.39, 0.29) is 17.7 Å². The van der Waals surface area contributed by atoms with Gasteiger partial charge in [0.15, 0.2) is 0 Å². The minimum Gasteiger partial charge on any atom is -0.494 e. The van der Waals surface area contributed by atoms with Gasteiger partial charge in [-0.1, -0.05) is 35.9 Å². The van der Waals surface area contributed by atoms with Gasteiger partial charge in [0.2, 0.25) is 0 Å². The Morgan fingerprint density at radius 1 is 0.882 bits per heavy atom. The van der Waals surface area contributed by atoms with E-state index in [0.29, 0.717) is 34.9 Å². The highest BCUT2D eigenvalue weighted by Gasteiger charge is 2.40. The predicted octanol–water partition coefficient (Wildman–Crippen LogP) is 5.58. The summed E-state index contributed by atoms with van der Waals surface area (Å²) in [6.07, 6.45) is 0.0599. The summed E-state index contributed by atoms with van der Waals surface area (Å²) in [7, 11) is 0. The van der Waals surface area contributed by atoms with E-state index >= 15 is 0 Å². The molecule has 1 aliphatic rings. The maximum Gasteiger partial charge on any atom is 0.282 e. The van der Waals surface area contributed by atoms with Crippen LogP contribution in [0, 0.1) is 6.92 Å². The van der Waals surface area contributed by atoms with E-state index in [9.17, 15) is 9.59 Å². The van der Waals surface area contributed by atoms with Gasteiger partial charge in [-0.3, -0.25) is 9.59 Å². The second-order valence-corrected chi connectivity index (χ2v) is 8.31. The molecule has 3 aromatic carbocycles. The van der Waals surface area contributed by atoms with Crippen LogP contribution in [0.5, 0.6) is 11.5 Å². The Bertz CT molecular complexity index is 1230. The first-order chi connectivity index (χ1) is 16.4. The third kappa shape index (κ3) is 4.81. The molecule has 1 N–H and O–H groups in total. The number of carbonyl (C=O) groups excluding carboxylic acids is 2. The summed E-state index contributed by atoms with van der Waals surface area (Å²) >= 11 is 0. The molecule has 6 heteroatoms. The van der Waals surface area contributed by atoms with Gasteiger partial charge < -0.3 is 14.8 Å². The highest BCUT2D eigenvalue weighted by Crippen LogP contribution is 2.35. The number of hydrogen-bond donors (Lipinski definition) is 1. The number of carbonyl (C=O) groups is 2. The lowest BCUT2D eigenvalue weighted by Crippen LogP contribution is -2.32. The molecular weight excluding hydrogens is 428 g/mol. The van der Waals surface area contributed by atoms with Crippen LogP contribution in [-0.4, -0.2) is 24.5 Å². The van der Waals surface area contributed by atoms with Gasteiger partial charge in [-0.05, 0) is 69.7 Å². The fourth-order valence-corrected chi connectivity index (χ4v) is 3.78. The largest absolute Gasteiger partial charge is 0.494 e. The number of hydrogen-bond acceptors (Lipinski definition) is 5. The van der Waals surface area contributed by atoms with Crippen LogP contribution in [0.15, 0.2) is 78.5 Å². The molecule has 1 heterocycles. The lowest BCUT2D eigenvalue weighted by atomic mass is 10.0. The van der Waals surface area contributed by atoms with Crippen molar-refractivity contribution in [1.29, 1.82) is 0 Å². The van der Waals surface area contributed by atoms with Crippen LogP contribution in [0.3, 0.4) is 0 Å². The molecule has 0 unspecified atom stereocenters. The van der Waals surface area contributed by atoms with E-state index in [0.717, 1.165) is 11.3 Å². The average Bonchev–Trinajstić information content (AvgIpc) is 3.05. The Morgan fingerprint density at radius 2 is 1.59 bits per heavy atom. The first kappa shape index (κ1) is 23.1. The fourth-order valence-electron chi connectivity index (χ4n) is 3.78. The zero-order valence-corrected chi connectivity index (χ0v) is 19.8. The van der Waals surface area contributed by atoms with Crippen LogP contribution in [0.1, 0.15) is 31.9 Å². The molecule has 4 rings (SSSR count). The third-order valence-corrected chi connectivity index (χ3v) is 5.31. The van der Waals surface area contributed by atoms with E-state index in [1.54, 1.807) is 24.3 Å². The molecule has 0 atom stereocenters. The minimum atomic E-state index is -0.420. The summed E-state index contributed by atoms with van der Waals surface area (Å²) in [6.45, 7) is 8.27. The number of aryl methyl sites for hydroxylation is 1. The second-order valence-electron chi connectivity index (χ2n) is 8.31. The van der Waals surface area contributed by atoms with Crippen molar-refractivity contribution in [1.82, 2.24) is 0 Å². The number of nitrogens with zero attached hydrogens (tertiary/aromatic N) is 1. The molecule has 1 aliphatic heterocycles. The SMILES string of the molecule is CCOc1cccc(N2C(=O)C(Nc3ccc(OC(C)C)cc3)=C(c3ccc(C)cc3)C2=O)c1. The fraction of sp³-hybridized carbons (Fsp3) is 0.214. The molecule has 0 radical (unpaired) electrons. The second kappa shape index (κ2) is 9.83. The van der Waals surface area contributed by atoms with Crippen molar-refractivity contribution >= 4 is 28.8 Å². The molecule has 2 amide bonds. The van der Waals surface area contributed by atoms with E-state index < -0.39 is 5.91 Å². The topological polar surface area (TPSA) is 67.9 Å². The van der Waals surface area contributed by atoms with Gasteiger partial charge in [-0.15, -0.1) is 0 Å². The van der Waals surface area contributed by atoms with Gasteiger partial charge in [0.05, 0.1) is 24.0 Å². The zero-order chi connectivity index (χ0) is 24.2. The van der Waals surface area contributed by atoms with E-state index in [1.807, 2.05) is 76.2 Å². The summed E-state index contributed by atoms with van der Waals surface area (Å²) in [4.78, 5) is 28.4. The van der Waals surface area contributed by atoms with Crippen molar-refractivity contribution in [2.75, 3.05) is 16.8 Å². The molecule has 3 aromatic rings. The molecule has 174 valence electrons. The number of amides is 2. The summed E-state index contributed by atoms with van der Waals surface area (Å²) in [5.41, 5.74) is 3.44. The molecule has 34 heavy (non-hydrogen) atoms. The van der Waals surface area contributed by atoms with Gasteiger partial charge >= 0.3 is 0 Å². The number of ether oxygens (including phenoxy) is 2. The first-order valence-electron chi connectivity index (χ1n) is 11.3. The molecule has 0 aromatic heterocycles. The standard InChI is InChI=1S/C28H28N2O4/c1-5-33-24-8-6-7-22(17-24)30-27(31)25(20-11-9-19(4)10-12-20)26(28(30)32)29-21-13-15-23(16-14-21)34-18(2)3/h6-18,29H,5H2,1-4H3. The van der Waals surface area contributed by atoms with Crippen LogP contribution in [0.25, 0.3) is 5.57 Å². The highest BCUT2D eigenvalue weighted by molar-refractivity contribution is 6.46. The maximum atomic E-state index is 13.6. The molecule has 0 saturated heterocycles. The van der Waals surface area contributed by atoms with Crippen molar-refractivity contribution in [2.45, 2.75) is 33.8 Å². The molecular formula is C28H28N2O4. The Hall–Kier alpha value is -4.06. The van der Waals surface area contributed by atoms with Crippen LogP contribution in [0.2, 0.25) is 0 Å². The Balaban J connectivity index is 1.73. The van der Waals surface area contributed by atoms with Crippen molar-refractivity contribution in [3.8, 4) is 11.5 Å². The Morgan fingerprint density at radius 3 is 2.24 bits per heavy atom. The molecule has 6 nitrogen and oxygen atoms in total. The molecule has 0 aliphatic carbocycles. The number of imide groups is 1. The lowest BCUT2D eigenvalue weighted by Gasteiger charge is -2.16. The quantitative estimate of drug-likeness (QED) is 0.449. The van der Waals surface area contributed by atoms with E-state index in [4.69, 9.17) is 9.47 Å². The molecule has 0 saturated carbocycles. The summed E-state index contributed by atoms with van der Waals surface area (Å²) < 4.78 is 11.3. The summed E-state index contributed by atoms with van der Waals surface area (Å²) in [5, 5.41) is 3.19. The number of anilines is 2. The third-order valence-electron chi connectivity index (χ3n) is 5.31. The number of rotatable bonds is 8. The van der Waals surface area contributed by atoms with Gasteiger partial charge in [0.1, 0.15) is 17.2 Å². The van der Waals surface area contributed by atoms with Crippen LogP contribution >= 0.6 is 0 Å². The Kier molecular flexibility index (Phi) is 6.68. The maximum absolute atomic E-state index is 13.6. The summed E-state index contributed by atoms with van der Waals surface area (Å²) in [5.74, 6) is 0.526. The predicted molar refractivity (Wildman–Crippen MR) is 134 cm³/mol. The van der Waals surface area contributed by atoms with Crippen molar-refractivity contribution < 1.29 is 19.1 Å². The van der Waals surface area contributed by atoms with E-state index in [1.165, 1.54) is 4.90 Å². The van der Waals surface area contributed by atoms with Crippen LogP contribution < -0.4 is 19.7 Å². The normalized spacial score (nSPS) is 13.6. The molecule has 0 spiro atoms. The van der Waals surface area contributed by atoms with Crippen molar-refractivity contribution in [3.63, 3.8) is 0 Å². The van der Waals surface area contributed by atoms with Gasteiger partial charge in [0, 0.05) is 11.8 Å². The van der Waals surface area contributed by atoms with Crippen molar-refractivity contribution in [2.24, 2.45) is 0 Å². The molecule has 0 fully saturated rings. The first-order valence-corrected chi connectivity index (χ1v) is 11.3. The van der Waals surface area contributed by atoms with Crippen LogP contribution in [0.4, 0.5) is 11.4 Å². The monoisotopic (exact) mass is 456 g/mol. The number of nitrogens with one attached hydrogen (secondary N) is 1. The lowest BCUT2D eigenvalue weighted by molar-refractivity contribution is -0.120. The summed E-state index contributed by atoms with van der Waals surface area (Å²) in [6, 6.07) is 21.9. The van der Waals surface area contributed by atoms with Crippen molar-refractivity contribution in [3.05, 3.63) is 89.6 Å². The van der Waals surface area contributed by atoms with Gasteiger partial charge in [-0.2, -0.15) is 0 Å². The average molecular weight is 457 g/mol. The van der Waals surface area contributed by atoms with Gasteiger partial charge in [-0.25, -0.2) is 4.90 Å². The number of benzene rings is 3. The smallest absolute Gasteiger partial charge is 0.282 e. The highest BCUT2D eigenvalue weighted by atomic mass is 16.5. The van der Waals surface area contributed by atoms with Crippen LogP contribution in [-0.2, 0) is 9.59 Å².